The van der Waals surface area contributed by atoms with Crippen LogP contribution in [0.5, 0.6) is 17.2 Å². The van der Waals surface area contributed by atoms with Gasteiger partial charge in [0.2, 0.25) is 0 Å². The predicted molar refractivity (Wildman–Crippen MR) is 97.9 cm³/mol. The number of esters is 1. The van der Waals surface area contributed by atoms with Gasteiger partial charge < -0.3 is 24.8 Å². The zero-order chi connectivity index (χ0) is 19.1. The molecule has 0 radical (unpaired) electrons. The van der Waals surface area contributed by atoms with Gasteiger partial charge in [0.1, 0.15) is 5.75 Å². The number of carbonyl (C=O) groups excluding carboxylic acids is 2. The molecule has 7 heteroatoms. The van der Waals surface area contributed by atoms with E-state index in [9.17, 15) is 9.59 Å². The van der Waals surface area contributed by atoms with Crippen molar-refractivity contribution in [2.24, 2.45) is 0 Å². The molecule has 0 spiro atoms. The smallest absolute Gasteiger partial charge is 0.319 e. The first kappa shape index (κ1) is 19.1. The summed E-state index contributed by atoms with van der Waals surface area (Å²) in [5.74, 6) is 1.15. The maximum atomic E-state index is 12.2. The summed E-state index contributed by atoms with van der Waals surface area (Å²) in [6.07, 6.45) is 0. The molecule has 2 amide bonds. The van der Waals surface area contributed by atoms with Gasteiger partial charge in [-0.1, -0.05) is 12.1 Å². The van der Waals surface area contributed by atoms with Crippen LogP contribution in [0.3, 0.4) is 0 Å². The fourth-order valence-corrected chi connectivity index (χ4v) is 2.37. The van der Waals surface area contributed by atoms with Crippen molar-refractivity contribution in [2.75, 3.05) is 19.5 Å². The van der Waals surface area contributed by atoms with Crippen LogP contribution < -0.4 is 24.8 Å². The Balaban J connectivity index is 2.02. The number of nitrogens with one attached hydrogen (secondary N) is 2. The van der Waals surface area contributed by atoms with E-state index < -0.39 is 5.97 Å². The van der Waals surface area contributed by atoms with Crippen molar-refractivity contribution < 1.29 is 23.8 Å². The summed E-state index contributed by atoms with van der Waals surface area (Å²) in [4.78, 5) is 23.2. The lowest BCUT2D eigenvalue weighted by Gasteiger charge is -2.17. The second-order valence-electron chi connectivity index (χ2n) is 5.56. The molecule has 26 heavy (non-hydrogen) atoms. The Kier molecular flexibility index (Phi) is 6.43. The maximum Gasteiger partial charge on any atom is 0.319 e. The number of anilines is 1. The second kappa shape index (κ2) is 8.75. The monoisotopic (exact) mass is 358 g/mol. The van der Waals surface area contributed by atoms with Crippen LogP contribution in [0.1, 0.15) is 25.5 Å². The number of carbonyl (C=O) groups is 2. The minimum atomic E-state index is -0.423. The fraction of sp³-hybridized carbons (Fsp3) is 0.263. The number of rotatable bonds is 6. The normalized spacial score (nSPS) is 11.2. The van der Waals surface area contributed by atoms with Gasteiger partial charge in [0.25, 0.3) is 0 Å². The fourth-order valence-electron chi connectivity index (χ4n) is 2.37. The highest BCUT2D eigenvalue weighted by molar-refractivity contribution is 5.89. The third-order valence-electron chi connectivity index (χ3n) is 3.61. The van der Waals surface area contributed by atoms with Crippen LogP contribution in [0.4, 0.5) is 10.5 Å². The van der Waals surface area contributed by atoms with Gasteiger partial charge in [-0.05, 0) is 36.8 Å². The highest BCUT2D eigenvalue weighted by atomic mass is 16.5. The summed E-state index contributed by atoms with van der Waals surface area (Å²) in [5.41, 5.74) is 1.38. The molecule has 138 valence electrons. The molecule has 0 fully saturated rings. The van der Waals surface area contributed by atoms with Crippen molar-refractivity contribution in [3.05, 3.63) is 48.0 Å². The van der Waals surface area contributed by atoms with Gasteiger partial charge in [-0.15, -0.1) is 0 Å². The number of benzene rings is 2. The Morgan fingerprint density at radius 3 is 2.38 bits per heavy atom. The van der Waals surface area contributed by atoms with Gasteiger partial charge in [0.05, 0.1) is 20.3 Å². The largest absolute Gasteiger partial charge is 0.493 e. The summed E-state index contributed by atoms with van der Waals surface area (Å²) in [7, 11) is 3.12. The van der Waals surface area contributed by atoms with E-state index in [2.05, 4.69) is 10.6 Å². The molecule has 0 aliphatic heterocycles. The first-order valence-corrected chi connectivity index (χ1v) is 8.01. The maximum absolute atomic E-state index is 12.2. The van der Waals surface area contributed by atoms with Gasteiger partial charge in [-0.25, -0.2) is 4.79 Å². The summed E-state index contributed by atoms with van der Waals surface area (Å²) in [6.45, 7) is 3.17. The van der Waals surface area contributed by atoms with Crippen LogP contribution in [-0.4, -0.2) is 26.2 Å². The summed E-state index contributed by atoms with van der Waals surface area (Å²) in [5, 5.41) is 5.55. The van der Waals surface area contributed by atoms with Gasteiger partial charge in [-0.3, -0.25) is 4.79 Å². The molecule has 0 heterocycles. The second-order valence-corrected chi connectivity index (χ2v) is 5.56. The van der Waals surface area contributed by atoms with E-state index in [0.717, 1.165) is 5.56 Å². The molecular formula is C19H22N2O5. The molecule has 0 saturated heterocycles. The number of hydrogen-bond acceptors (Lipinski definition) is 5. The van der Waals surface area contributed by atoms with Crippen LogP contribution in [-0.2, 0) is 4.79 Å². The zero-order valence-corrected chi connectivity index (χ0v) is 15.2. The van der Waals surface area contributed by atoms with E-state index in [4.69, 9.17) is 14.2 Å². The van der Waals surface area contributed by atoms with E-state index in [0.29, 0.717) is 22.9 Å². The lowest BCUT2D eigenvalue weighted by molar-refractivity contribution is -0.131. The van der Waals surface area contributed by atoms with Gasteiger partial charge in [-0.2, -0.15) is 0 Å². The predicted octanol–water partition coefficient (Wildman–Crippen LogP) is 3.51. The van der Waals surface area contributed by atoms with Crippen molar-refractivity contribution in [1.82, 2.24) is 5.32 Å². The molecule has 2 N–H and O–H groups in total. The highest BCUT2D eigenvalue weighted by Crippen LogP contribution is 2.29. The molecule has 2 aromatic rings. The minimum absolute atomic E-state index is 0.258. The first-order valence-electron chi connectivity index (χ1n) is 8.01. The molecule has 0 bridgehead atoms. The molecule has 0 saturated carbocycles. The van der Waals surface area contributed by atoms with Crippen LogP contribution in [0, 0.1) is 0 Å². The Morgan fingerprint density at radius 2 is 1.73 bits per heavy atom. The summed E-state index contributed by atoms with van der Waals surface area (Å²) >= 11 is 0. The number of urea groups is 1. The zero-order valence-electron chi connectivity index (χ0n) is 15.2. The van der Waals surface area contributed by atoms with E-state index >= 15 is 0 Å². The average molecular weight is 358 g/mol. The topological polar surface area (TPSA) is 85.9 Å². The molecule has 1 atom stereocenters. The van der Waals surface area contributed by atoms with Crippen LogP contribution >= 0.6 is 0 Å². The van der Waals surface area contributed by atoms with Gasteiger partial charge >= 0.3 is 12.0 Å². The van der Waals surface area contributed by atoms with E-state index in [1.165, 1.54) is 6.92 Å². The Labute approximate surface area is 152 Å². The Bertz CT molecular complexity index is 791. The molecule has 0 aliphatic carbocycles. The van der Waals surface area contributed by atoms with Crippen molar-refractivity contribution in [1.29, 1.82) is 0 Å². The van der Waals surface area contributed by atoms with Crippen LogP contribution in [0.2, 0.25) is 0 Å². The summed E-state index contributed by atoms with van der Waals surface area (Å²) < 4.78 is 15.5. The SMILES string of the molecule is COc1ccc(C(C)NC(=O)Nc2cccc(OC(C)=O)c2)cc1OC. The highest BCUT2D eigenvalue weighted by Gasteiger charge is 2.13. The van der Waals surface area contributed by atoms with Crippen LogP contribution in [0.25, 0.3) is 0 Å². The molecule has 2 aromatic carbocycles. The van der Waals surface area contributed by atoms with Crippen molar-refractivity contribution in [2.45, 2.75) is 19.9 Å². The molecule has 1 unspecified atom stereocenters. The standard InChI is InChI=1S/C19H22N2O5/c1-12(14-8-9-17(24-3)18(10-14)25-4)20-19(23)21-15-6-5-7-16(11-15)26-13(2)22/h5-12H,1-4H3,(H2,20,21,23). The lowest BCUT2D eigenvalue weighted by Crippen LogP contribution is -2.31. The number of hydrogen-bond donors (Lipinski definition) is 2. The molecule has 0 aromatic heterocycles. The Morgan fingerprint density at radius 1 is 1.00 bits per heavy atom. The minimum Gasteiger partial charge on any atom is -0.493 e. The molecule has 7 nitrogen and oxygen atoms in total. The third kappa shape index (κ3) is 5.14. The molecule has 2 rings (SSSR count). The van der Waals surface area contributed by atoms with Crippen molar-refractivity contribution in [3.8, 4) is 17.2 Å². The van der Waals surface area contributed by atoms with Gasteiger partial charge in [0, 0.05) is 18.7 Å². The van der Waals surface area contributed by atoms with E-state index in [1.807, 2.05) is 19.1 Å². The van der Waals surface area contributed by atoms with E-state index in [-0.39, 0.29) is 12.1 Å². The average Bonchev–Trinajstić information content (AvgIpc) is 2.60. The molecular weight excluding hydrogens is 336 g/mol. The van der Waals surface area contributed by atoms with Crippen LogP contribution in [0.15, 0.2) is 42.5 Å². The Hall–Kier alpha value is -3.22. The summed E-state index contributed by atoms with van der Waals surface area (Å²) in [6, 6.07) is 11.4. The van der Waals surface area contributed by atoms with Crippen molar-refractivity contribution >= 4 is 17.7 Å². The third-order valence-corrected chi connectivity index (χ3v) is 3.61. The molecule has 0 aliphatic rings. The quantitative estimate of drug-likeness (QED) is 0.610. The number of ether oxygens (including phenoxy) is 3. The lowest BCUT2D eigenvalue weighted by atomic mass is 10.1. The first-order chi connectivity index (χ1) is 12.4. The number of amides is 2. The number of methoxy groups -OCH3 is 2. The van der Waals surface area contributed by atoms with Gasteiger partial charge in [0.15, 0.2) is 11.5 Å². The van der Waals surface area contributed by atoms with Crippen molar-refractivity contribution in [3.63, 3.8) is 0 Å². The van der Waals surface area contributed by atoms with E-state index in [1.54, 1.807) is 44.6 Å².